The SMILES string of the molecule is C[C@H](N)CCCc1cc(Cl)c(F)c(-c2cc3cn(-c4ccc([C@H](CCN)NCCCNC(=N)N)cc4)c(=O)nc3[nH]2)c1. The van der Waals surface area contributed by atoms with E-state index in [2.05, 4.69) is 20.6 Å². The Morgan fingerprint density at radius 2 is 1.93 bits per heavy atom. The van der Waals surface area contributed by atoms with Gasteiger partial charge in [0.25, 0.3) is 0 Å². The number of H-pyrrole nitrogens is 1. The topological polar surface area (TPSA) is 177 Å². The van der Waals surface area contributed by atoms with Crippen molar-refractivity contribution in [3.8, 4) is 16.9 Å². The van der Waals surface area contributed by atoms with Crippen LogP contribution in [0.3, 0.4) is 0 Å². The molecule has 12 heteroatoms. The van der Waals surface area contributed by atoms with Crippen molar-refractivity contribution in [1.82, 2.24) is 25.2 Å². The van der Waals surface area contributed by atoms with Crippen molar-refractivity contribution in [3.05, 3.63) is 81.1 Å². The Morgan fingerprint density at radius 1 is 1.17 bits per heavy atom. The van der Waals surface area contributed by atoms with Crippen LogP contribution < -0.4 is 33.5 Å². The van der Waals surface area contributed by atoms with Crippen LogP contribution in [0.15, 0.2) is 53.5 Å². The molecule has 0 aliphatic heterocycles. The summed E-state index contributed by atoms with van der Waals surface area (Å²) in [6.45, 7) is 3.81. The van der Waals surface area contributed by atoms with Gasteiger partial charge in [-0.1, -0.05) is 23.7 Å². The lowest BCUT2D eigenvalue weighted by atomic mass is 10.0. The van der Waals surface area contributed by atoms with Gasteiger partial charge in [0.2, 0.25) is 0 Å². The van der Waals surface area contributed by atoms with Crippen molar-refractivity contribution in [2.24, 2.45) is 17.2 Å². The number of rotatable bonds is 14. The van der Waals surface area contributed by atoms with E-state index in [4.69, 9.17) is 34.2 Å². The smallest absolute Gasteiger partial charge is 0.354 e. The molecular formula is C30H39ClFN9O. The van der Waals surface area contributed by atoms with E-state index in [-0.39, 0.29) is 23.1 Å². The molecule has 4 aromatic rings. The van der Waals surface area contributed by atoms with E-state index in [0.29, 0.717) is 41.1 Å². The molecule has 42 heavy (non-hydrogen) atoms. The number of fused-ring (bicyclic) bond motifs is 1. The van der Waals surface area contributed by atoms with E-state index < -0.39 is 11.5 Å². The molecule has 10 nitrogen and oxygen atoms in total. The van der Waals surface area contributed by atoms with E-state index in [0.717, 1.165) is 49.8 Å². The number of guanidine groups is 1. The molecule has 0 amide bonds. The number of halogens is 2. The molecule has 2 atom stereocenters. The molecule has 10 N–H and O–H groups in total. The maximum Gasteiger partial charge on any atom is 0.354 e. The molecule has 0 unspecified atom stereocenters. The zero-order chi connectivity index (χ0) is 30.2. The quantitative estimate of drug-likeness (QED) is 0.0660. The summed E-state index contributed by atoms with van der Waals surface area (Å²) in [7, 11) is 0. The summed E-state index contributed by atoms with van der Waals surface area (Å²) < 4.78 is 16.6. The second kappa shape index (κ2) is 14.4. The number of aryl methyl sites for hydroxylation is 1. The Balaban J connectivity index is 1.55. The standard InChI is InChI=1S/C30H39ClFN9O/c1-18(34)4-2-5-19-14-23(27(32)24(31)15-19)26-16-21-17-41(30(42)40-28(21)39-26)22-8-6-20(7-9-22)25(10-11-33)37-12-3-13-38-29(35)36/h6-9,14-18,25,37H,2-5,10-13,33-34H2,1H3,(H4,35,36,38)(H,39,40,42)/t18-,25-/m0/s1. The molecule has 0 aliphatic carbocycles. The Hall–Kier alpha value is -3.77. The lowest BCUT2D eigenvalue weighted by Gasteiger charge is -2.19. The fraction of sp³-hybridized carbons (Fsp3) is 0.367. The Bertz CT molecular complexity index is 1570. The van der Waals surface area contributed by atoms with E-state index >= 15 is 4.39 Å². The molecule has 0 saturated carbocycles. The molecule has 0 saturated heterocycles. The maximum absolute atomic E-state index is 15.1. The fourth-order valence-electron chi connectivity index (χ4n) is 4.95. The van der Waals surface area contributed by atoms with Gasteiger partial charge in [-0.2, -0.15) is 4.98 Å². The van der Waals surface area contributed by atoms with Crippen LogP contribution in [-0.4, -0.2) is 46.2 Å². The molecule has 0 bridgehead atoms. The first-order chi connectivity index (χ1) is 20.2. The summed E-state index contributed by atoms with van der Waals surface area (Å²) in [5, 5.41) is 14.2. The lowest BCUT2D eigenvalue weighted by Crippen LogP contribution is -2.33. The summed E-state index contributed by atoms with van der Waals surface area (Å²) in [5.41, 5.74) is 20.4. The van der Waals surface area contributed by atoms with Gasteiger partial charge < -0.3 is 32.8 Å². The van der Waals surface area contributed by atoms with Crippen LogP contribution >= 0.6 is 11.6 Å². The lowest BCUT2D eigenvalue weighted by molar-refractivity contribution is 0.496. The van der Waals surface area contributed by atoms with Crippen LogP contribution in [0.25, 0.3) is 28.0 Å². The van der Waals surface area contributed by atoms with E-state index in [9.17, 15) is 4.79 Å². The molecule has 0 aliphatic rings. The number of hydrogen-bond acceptors (Lipinski definition) is 6. The summed E-state index contributed by atoms with van der Waals surface area (Å²) in [5.74, 6) is -0.571. The Kier molecular flexibility index (Phi) is 10.7. The van der Waals surface area contributed by atoms with E-state index in [1.165, 1.54) is 4.57 Å². The first-order valence-corrected chi connectivity index (χ1v) is 14.5. The van der Waals surface area contributed by atoms with E-state index in [1.807, 2.05) is 31.2 Å². The third kappa shape index (κ3) is 7.95. The first-order valence-electron chi connectivity index (χ1n) is 14.1. The number of aromatic nitrogens is 3. The normalized spacial score (nSPS) is 12.9. The molecule has 2 aromatic carbocycles. The summed E-state index contributed by atoms with van der Waals surface area (Å²) in [4.78, 5) is 20.3. The highest BCUT2D eigenvalue weighted by molar-refractivity contribution is 6.31. The van der Waals surface area contributed by atoms with Crippen molar-refractivity contribution < 1.29 is 4.39 Å². The van der Waals surface area contributed by atoms with Gasteiger partial charge in [0.05, 0.1) is 16.4 Å². The molecule has 2 aromatic heterocycles. The van der Waals surface area contributed by atoms with Crippen LogP contribution in [0.2, 0.25) is 5.02 Å². The second-order valence-corrected chi connectivity index (χ2v) is 11.0. The third-order valence-corrected chi connectivity index (χ3v) is 7.37. The number of nitrogens with two attached hydrogens (primary N) is 3. The van der Waals surface area contributed by atoms with Crippen molar-refractivity contribution in [2.45, 2.75) is 51.1 Å². The Morgan fingerprint density at radius 3 is 2.62 bits per heavy atom. The molecule has 4 rings (SSSR count). The molecule has 0 spiro atoms. The van der Waals surface area contributed by atoms with Crippen molar-refractivity contribution in [3.63, 3.8) is 0 Å². The van der Waals surface area contributed by atoms with Crippen LogP contribution in [0.1, 0.15) is 49.8 Å². The van der Waals surface area contributed by atoms with Gasteiger partial charge >= 0.3 is 5.69 Å². The van der Waals surface area contributed by atoms with Crippen LogP contribution in [-0.2, 0) is 6.42 Å². The predicted molar refractivity (Wildman–Crippen MR) is 168 cm³/mol. The zero-order valence-corrected chi connectivity index (χ0v) is 24.5. The number of benzene rings is 2. The van der Waals surface area contributed by atoms with Crippen molar-refractivity contribution >= 4 is 28.6 Å². The fourth-order valence-corrected chi connectivity index (χ4v) is 5.19. The van der Waals surface area contributed by atoms with Gasteiger partial charge in [0.15, 0.2) is 11.8 Å². The number of nitrogens with one attached hydrogen (secondary N) is 4. The van der Waals surface area contributed by atoms with Gasteiger partial charge in [0, 0.05) is 35.8 Å². The highest BCUT2D eigenvalue weighted by atomic mass is 35.5. The average Bonchev–Trinajstić information content (AvgIpc) is 3.36. The minimum atomic E-state index is -0.527. The Labute approximate surface area is 249 Å². The average molecular weight is 596 g/mol. The zero-order valence-electron chi connectivity index (χ0n) is 23.7. The van der Waals surface area contributed by atoms with Gasteiger partial charge in [0.1, 0.15) is 5.65 Å². The van der Waals surface area contributed by atoms with Crippen LogP contribution in [0.5, 0.6) is 0 Å². The maximum atomic E-state index is 15.1. The summed E-state index contributed by atoms with van der Waals surface area (Å²) >= 11 is 6.24. The largest absolute Gasteiger partial charge is 0.370 e. The molecular weight excluding hydrogens is 557 g/mol. The number of aromatic amines is 1. The van der Waals surface area contributed by atoms with E-state index in [1.54, 1.807) is 24.4 Å². The predicted octanol–water partition coefficient (Wildman–Crippen LogP) is 3.70. The molecule has 0 fully saturated rings. The molecule has 0 radical (unpaired) electrons. The van der Waals surface area contributed by atoms with Gasteiger partial charge in [-0.05, 0) is 93.6 Å². The molecule has 224 valence electrons. The highest BCUT2D eigenvalue weighted by Crippen LogP contribution is 2.31. The minimum absolute atomic E-state index is 0.0436. The summed E-state index contributed by atoms with van der Waals surface area (Å²) in [6.07, 6.45) is 5.69. The first kappa shape index (κ1) is 31.2. The summed E-state index contributed by atoms with van der Waals surface area (Å²) in [6, 6.07) is 13.0. The third-order valence-electron chi connectivity index (χ3n) is 7.10. The van der Waals surface area contributed by atoms with Gasteiger partial charge in [-0.3, -0.25) is 9.98 Å². The molecule has 2 heterocycles. The van der Waals surface area contributed by atoms with Gasteiger partial charge in [-0.15, -0.1) is 0 Å². The van der Waals surface area contributed by atoms with Crippen molar-refractivity contribution in [2.75, 3.05) is 19.6 Å². The minimum Gasteiger partial charge on any atom is -0.370 e. The van der Waals surface area contributed by atoms with Crippen LogP contribution in [0.4, 0.5) is 4.39 Å². The highest BCUT2D eigenvalue weighted by Gasteiger charge is 2.16. The van der Waals surface area contributed by atoms with Crippen molar-refractivity contribution in [1.29, 1.82) is 5.41 Å². The van der Waals surface area contributed by atoms with Gasteiger partial charge in [-0.25, -0.2) is 9.18 Å². The van der Waals surface area contributed by atoms with Crippen LogP contribution in [0, 0.1) is 11.2 Å². The second-order valence-electron chi connectivity index (χ2n) is 10.6. The number of nitrogens with zero attached hydrogens (tertiary/aromatic N) is 2. The monoisotopic (exact) mass is 595 g/mol. The number of hydrogen-bond donors (Lipinski definition) is 7.